The highest BCUT2D eigenvalue weighted by molar-refractivity contribution is 5.96. The molecule has 26 heavy (non-hydrogen) atoms. The van der Waals surface area contributed by atoms with Crippen LogP contribution in [0.15, 0.2) is 47.2 Å². The number of hydrogen-bond acceptors (Lipinski definition) is 6. The van der Waals surface area contributed by atoms with E-state index in [1.54, 1.807) is 12.1 Å². The number of hydrogen-bond donors (Lipinski definition) is 1. The molecule has 0 fully saturated rings. The van der Waals surface area contributed by atoms with Gasteiger partial charge in [-0.2, -0.15) is 5.26 Å². The zero-order valence-electron chi connectivity index (χ0n) is 13.7. The van der Waals surface area contributed by atoms with E-state index >= 15 is 0 Å². The van der Waals surface area contributed by atoms with Crippen molar-refractivity contribution in [1.82, 2.24) is 4.57 Å². The van der Waals surface area contributed by atoms with Gasteiger partial charge in [-0.05, 0) is 24.3 Å². The number of furan rings is 1. The molecular weight excluding hydrogens is 341 g/mol. The molecule has 0 aliphatic rings. The number of carbonyl (C=O) groups excluding carboxylic acids is 1. The number of anilines is 1. The van der Waals surface area contributed by atoms with E-state index in [-0.39, 0.29) is 35.0 Å². The molecule has 0 saturated carbocycles. The Kier molecular flexibility index (Phi) is 4.62. The lowest BCUT2D eigenvalue weighted by molar-refractivity contribution is 0.0593. The molecule has 0 saturated heterocycles. The van der Waals surface area contributed by atoms with Crippen LogP contribution in [0.2, 0.25) is 0 Å². The van der Waals surface area contributed by atoms with Gasteiger partial charge < -0.3 is 24.2 Å². The van der Waals surface area contributed by atoms with Gasteiger partial charge in [-0.3, -0.25) is 0 Å². The Balaban J connectivity index is 2.10. The molecule has 3 rings (SSSR count). The molecule has 7 nitrogen and oxygen atoms in total. The number of nitrogens with zero attached hydrogens (tertiary/aromatic N) is 2. The first-order valence-electron chi connectivity index (χ1n) is 7.49. The van der Waals surface area contributed by atoms with Crippen LogP contribution in [0.1, 0.15) is 21.8 Å². The van der Waals surface area contributed by atoms with Crippen LogP contribution in [-0.4, -0.2) is 17.6 Å². The van der Waals surface area contributed by atoms with Crippen molar-refractivity contribution in [2.75, 3.05) is 12.8 Å². The molecule has 0 aliphatic carbocycles. The third kappa shape index (κ3) is 3.10. The minimum atomic E-state index is -0.759. The summed E-state index contributed by atoms with van der Waals surface area (Å²) in [5.74, 6) is -0.470. The Labute approximate surface area is 148 Å². The van der Waals surface area contributed by atoms with E-state index in [1.807, 2.05) is 6.07 Å². The number of benzene rings is 1. The minimum absolute atomic E-state index is 0.0550. The van der Waals surface area contributed by atoms with E-state index in [4.69, 9.17) is 19.6 Å². The molecule has 0 spiro atoms. The van der Waals surface area contributed by atoms with Crippen molar-refractivity contribution >= 4 is 11.7 Å². The van der Waals surface area contributed by atoms with E-state index in [0.29, 0.717) is 5.76 Å². The van der Waals surface area contributed by atoms with Crippen LogP contribution in [0, 0.1) is 17.1 Å². The predicted octanol–water partition coefficient (Wildman–Crippen LogP) is 3.03. The number of rotatable bonds is 5. The van der Waals surface area contributed by atoms with Gasteiger partial charge >= 0.3 is 5.97 Å². The molecule has 8 heteroatoms. The maximum absolute atomic E-state index is 13.9. The van der Waals surface area contributed by atoms with Crippen LogP contribution in [-0.2, 0) is 11.3 Å². The van der Waals surface area contributed by atoms with E-state index in [0.717, 1.165) is 0 Å². The molecular formula is C18H14FN3O4. The quantitative estimate of drug-likeness (QED) is 0.706. The Hall–Kier alpha value is -3.73. The maximum Gasteiger partial charge on any atom is 0.357 e. The molecule has 1 aromatic carbocycles. The topological polar surface area (TPSA) is 103 Å². The molecule has 0 amide bonds. The van der Waals surface area contributed by atoms with Crippen molar-refractivity contribution in [1.29, 1.82) is 5.26 Å². The van der Waals surface area contributed by atoms with Crippen molar-refractivity contribution in [3.05, 3.63) is 65.6 Å². The van der Waals surface area contributed by atoms with Gasteiger partial charge in [0.25, 0.3) is 0 Å². The average molecular weight is 355 g/mol. The third-order valence-electron chi connectivity index (χ3n) is 3.67. The number of esters is 1. The summed E-state index contributed by atoms with van der Waals surface area (Å²) in [6.07, 6.45) is 2.83. The summed E-state index contributed by atoms with van der Waals surface area (Å²) in [6.45, 7) is 0.0983. The SMILES string of the molecule is COC(=O)c1c(N)c(C#N)cn1-c1cc(F)ccc1OCc1ccco1. The molecule has 0 aliphatic heterocycles. The van der Waals surface area contributed by atoms with Crippen molar-refractivity contribution in [2.45, 2.75) is 6.61 Å². The minimum Gasteiger partial charge on any atom is -0.483 e. The Bertz CT molecular complexity index is 987. The number of aromatic nitrogens is 1. The molecule has 0 bridgehead atoms. The van der Waals surface area contributed by atoms with E-state index < -0.39 is 11.8 Å². The highest BCUT2D eigenvalue weighted by Gasteiger charge is 2.23. The highest BCUT2D eigenvalue weighted by Crippen LogP contribution is 2.31. The lowest BCUT2D eigenvalue weighted by atomic mass is 10.2. The van der Waals surface area contributed by atoms with Crippen LogP contribution in [0.5, 0.6) is 5.75 Å². The molecule has 2 N–H and O–H groups in total. The Morgan fingerprint density at radius 3 is 2.88 bits per heavy atom. The Morgan fingerprint density at radius 1 is 1.42 bits per heavy atom. The first-order chi connectivity index (χ1) is 12.5. The van der Waals surface area contributed by atoms with Gasteiger partial charge in [0, 0.05) is 12.3 Å². The summed E-state index contributed by atoms with van der Waals surface area (Å²) in [7, 11) is 1.19. The van der Waals surface area contributed by atoms with Gasteiger partial charge in [-0.15, -0.1) is 0 Å². The molecule has 132 valence electrons. The lowest BCUT2D eigenvalue weighted by Gasteiger charge is -2.14. The highest BCUT2D eigenvalue weighted by atomic mass is 19.1. The zero-order chi connectivity index (χ0) is 18.7. The predicted molar refractivity (Wildman–Crippen MR) is 89.2 cm³/mol. The van der Waals surface area contributed by atoms with Gasteiger partial charge in [-0.1, -0.05) is 0 Å². The van der Waals surface area contributed by atoms with Gasteiger partial charge in [0.2, 0.25) is 0 Å². The number of nitrogens with two attached hydrogens (primary N) is 1. The summed E-state index contributed by atoms with van der Waals surface area (Å²) >= 11 is 0. The number of methoxy groups -OCH3 is 1. The van der Waals surface area contributed by atoms with Gasteiger partial charge in [0.1, 0.15) is 30.0 Å². The van der Waals surface area contributed by atoms with Gasteiger partial charge in [0.05, 0.1) is 30.3 Å². The fourth-order valence-electron chi connectivity index (χ4n) is 2.45. The van der Waals surface area contributed by atoms with E-state index in [9.17, 15) is 14.4 Å². The standard InChI is InChI=1S/C18H14FN3O4/c1-24-18(23)17-16(21)11(8-20)9-22(17)14-7-12(19)4-5-15(14)26-10-13-3-2-6-25-13/h2-7,9H,10,21H2,1H3. The van der Waals surface area contributed by atoms with Crippen molar-refractivity contribution in [3.63, 3.8) is 0 Å². The second-order valence-electron chi connectivity index (χ2n) is 5.26. The second-order valence-corrected chi connectivity index (χ2v) is 5.26. The number of nitriles is 1. The largest absolute Gasteiger partial charge is 0.483 e. The van der Waals surface area contributed by atoms with E-state index in [1.165, 1.54) is 42.3 Å². The van der Waals surface area contributed by atoms with E-state index in [2.05, 4.69) is 0 Å². The smallest absolute Gasteiger partial charge is 0.357 e. The molecule has 0 unspecified atom stereocenters. The van der Waals surface area contributed by atoms with Crippen LogP contribution < -0.4 is 10.5 Å². The maximum atomic E-state index is 13.9. The van der Waals surface area contributed by atoms with Crippen molar-refractivity contribution < 1.29 is 23.1 Å². The molecule has 2 aromatic heterocycles. The van der Waals surface area contributed by atoms with Crippen LogP contribution in [0.3, 0.4) is 0 Å². The first kappa shape index (κ1) is 17.1. The number of nitrogen functional groups attached to an aromatic ring is 1. The summed E-state index contributed by atoms with van der Waals surface area (Å²) < 4.78 is 30.7. The first-order valence-corrected chi connectivity index (χ1v) is 7.49. The van der Waals surface area contributed by atoms with Crippen molar-refractivity contribution in [2.24, 2.45) is 0 Å². The zero-order valence-corrected chi connectivity index (χ0v) is 13.7. The van der Waals surface area contributed by atoms with Gasteiger partial charge in [-0.25, -0.2) is 9.18 Å². The van der Waals surface area contributed by atoms with Crippen molar-refractivity contribution in [3.8, 4) is 17.5 Å². The number of halogens is 1. The summed E-state index contributed by atoms with van der Waals surface area (Å²) in [5.41, 5.74) is 5.99. The van der Waals surface area contributed by atoms with Gasteiger partial charge in [0.15, 0.2) is 5.69 Å². The van der Waals surface area contributed by atoms with Crippen LogP contribution in [0.4, 0.5) is 10.1 Å². The lowest BCUT2D eigenvalue weighted by Crippen LogP contribution is -2.12. The summed E-state index contributed by atoms with van der Waals surface area (Å²) in [4.78, 5) is 12.1. The Morgan fingerprint density at radius 2 is 2.23 bits per heavy atom. The van der Waals surface area contributed by atoms with Crippen LogP contribution in [0.25, 0.3) is 5.69 Å². The molecule has 2 heterocycles. The number of carbonyl (C=O) groups is 1. The summed E-state index contributed by atoms with van der Waals surface area (Å²) in [6, 6.07) is 9.13. The van der Waals surface area contributed by atoms with Crippen LogP contribution >= 0.6 is 0 Å². The third-order valence-corrected chi connectivity index (χ3v) is 3.67. The monoisotopic (exact) mass is 355 g/mol. The summed E-state index contributed by atoms with van der Waals surface area (Å²) in [5, 5.41) is 9.20. The molecule has 0 radical (unpaired) electrons. The molecule has 0 atom stereocenters. The molecule has 3 aromatic rings. The number of ether oxygens (including phenoxy) is 2. The normalized spacial score (nSPS) is 10.3. The average Bonchev–Trinajstić information content (AvgIpc) is 3.27. The fourth-order valence-corrected chi connectivity index (χ4v) is 2.45. The fraction of sp³-hybridized carbons (Fsp3) is 0.111. The second kappa shape index (κ2) is 7.03.